The largest absolute Gasteiger partial charge is 0.370 e. The number of ether oxygens (including phenoxy) is 1. The summed E-state index contributed by atoms with van der Waals surface area (Å²) >= 11 is 0. The number of carbonyl (C=O) groups excluding carboxylic acids is 1. The molecule has 2 aromatic carbocycles. The van der Waals surface area contributed by atoms with Gasteiger partial charge in [-0.25, -0.2) is 0 Å². The lowest BCUT2D eigenvalue weighted by molar-refractivity contribution is -0.125. The number of hydrogen-bond donors (Lipinski definition) is 2. The van der Waals surface area contributed by atoms with E-state index in [1.807, 2.05) is 42.5 Å². The van der Waals surface area contributed by atoms with Crippen molar-refractivity contribution in [3.63, 3.8) is 0 Å². The zero-order valence-corrected chi connectivity index (χ0v) is 10.2. The third-order valence-corrected chi connectivity index (χ3v) is 2.81. The number of amides is 1. The first kappa shape index (κ1) is 12.5. The Morgan fingerprint density at radius 3 is 2.67 bits per heavy atom. The monoisotopic (exact) mass is 244 g/mol. The maximum atomic E-state index is 11.8. The van der Waals surface area contributed by atoms with Crippen molar-refractivity contribution in [1.82, 2.24) is 0 Å². The fourth-order valence-electron chi connectivity index (χ4n) is 1.80. The second-order valence-electron chi connectivity index (χ2n) is 4.01. The van der Waals surface area contributed by atoms with Crippen LogP contribution in [-0.4, -0.2) is 25.7 Å². The average Bonchev–Trinajstić information content (AvgIpc) is 2.40. The van der Waals surface area contributed by atoms with Crippen molar-refractivity contribution < 1.29 is 9.53 Å². The van der Waals surface area contributed by atoms with Crippen molar-refractivity contribution in [2.45, 2.75) is 6.10 Å². The minimum absolute atomic E-state index is 0.163. The molecule has 1 atom stereocenters. The molecule has 94 valence electrons. The van der Waals surface area contributed by atoms with Crippen LogP contribution in [0, 0.1) is 0 Å². The molecular formula is C14H16N2O2. The molecule has 0 aromatic heterocycles. The van der Waals surface area contributed by atoms with Crippen molar-refractivity contribution in [3.8, 4) is 0 Å². The maximum Gasteiger partial charge on any atom is 0.254 e. The summed E-state index contributed by atoms with van der Waals surface area (Å²) in [6.07, 6.45) is -0.614. The Morgan fingerprint density at radius 2 is 2.00 bits per heavy atom. The highest BCUT2D eigenvalue weighted by Gasteiger charge is 2.15. The zero-order valence-electron chi connectivity index (χ0n) is 10.2. The Balaban J connectivity index is 2.19. The molecule has 0 heterocycles. The van der Waals surface area contributed by atoms with Gasteiger partial charge in [-0.3, -0.25) is 4.79 Å². The van der Waals surface area contributed by atoms with Crippen molar-refractivity contribution in [2.24, 2.45) is 5.73 Å². The average molecular weight is 244 g/mol. The predicted molar refractivity (Wildman–Crippen MR) is 72.4 cm³/mol. The van der Waals surface area contributed by atoms with Gasteiger partial charge in [0.25, 0.3) is 5.91 Å². The third-order valence-electron chi connectivity index (χ3n) is 2.81. The summed E-state index contributed by atoms with van der Waals surface area (Å²) in [5.41, 5.74) is 6.19. The van der Waals surface area contributed by atoms with Crippen LogP contribution in [0.15, 0.2) is 42.5 Å². The Kier molecular flexibility index (Phi) is 3.92. The van der Waals surface area contributed by atoms with Crippen LogP contribution in [0.4, 0.5) is 5.69 Å². The van der Waals surface area contributed by atoms with Crippen LogP contribution in [-0.2, 0) is 9.53 Å². The van der Waals surface area contributed by atoms with E-state index in [4.69, 9.17) is 10.5 Å². The molecule has 0 aliphatic rings. The van der Waals surface area contributed by atoms with E-state index in [-0.39, 0.29) is 12.5 Å². The van der Waals surface area contributed by atoms with Crippen LogP contribution in [0.3, 0.4) is 0 Å². The number of nitrogens with two attached hydrogens (primary N) is 1. The molecule has 18 heavy (non-hydrogen) atoms. The Hall–Kier alpha value is -1.91. The minimum Gasteiger partial charge on any atom is -0.370 e. The van der Waals surface area contributed by atoms with E-state index >= 15 is 0 Å². The lowest BCUT2D eigenvalue weighted by Gasteiger charge is -2.13. The van der Waals surface area contributed by atoms with Crippen LogP contribution >= 0.6 is 0 Å². The molecule has 1 amide bonds. The van der Waals surface area contributed by atoms with Crippen molar-refractivity contribution in [1.29, 1.82) is 0 Å². The first-order valence-electron chi connectivity index (χ1n) is 5.77. The lowest BCUT2D eigenvalue weighted by Crippen LogP contribution is -2.35. The molecule has 0 bridgehead atoms. The predicted octanol–water partition coefficient (Wildman–Crippen LogP) is 1.75. The molecule has 0 saturated carbocycles. The number of carbonyl (C=O) groups is 1. The Labute approximate surface area is 106 Å². The van der Waals surface area contributed by atoms with Gasteiger partial charge in [0.15, 0.2) is 0 Å². The molecule has 4 nitrogen and oxygen atoms in total. The van der Waals surface area contributed by atoms with Gasteiger partial charge in [-0.1, -0.05) is 30.3 Å². The van der Waals surface area contributed by atoms with Gasteiger partial charge in [0, 0.05) is 19.3 Å². The number of fused-ring (bicyclic) bond motifs is 1. The number of nitrogens with one attached hydrogen (secondary N) is 1. The smallest absolute Gasteiger partial charge is 0.254 e. The van der Waals surface area contributed by atoms with Gasteiger partial charge in [-0.2, -0.15) is 0 Å². The Morgan fingerprint density at radius 1 is 1.28 bits per heavy atom. The van der Waals surface area contributed by atoms with Gasteiger partial charge in [0.05, 0.1) is 0 Å². The van der Waals surface area contributed by atoms with E-state index in [2.05, 4.69) is 5.32 Å². The lowest BCUT2D eigenvalue weighted by atomic mass is 10.1. The van der Waals surface area contributed by atoms with Gasteiger partial charge >= 0.3 is 0 Å². The summed E-state index contributed by atoms with van der Waals surface area (Å²) < 4.78 is 4.98. The van der Waals surface area contributed by atoms with Gasteiger partial charge in [0.2, 0.25) is 0 Å². The highest BCUT2D eigenvalue weighted by atomic mass is 16.5. The molecular weight excluding hydrogens is 228 g/mol. The molecule has 4 heteroatoms. The van der Waals surface area contributed by atoms with Gasteiger partial charge in [-0.15, -0.1) is 0 Å². The minimum atomic E-state index is -0.614. The number of hydrogen-bond acceptors (Lipinski definition) is 3. The molecule has 0 saturated heterocycles. The summed E-state index contributed by atoms with van der Waals surface area (Å²) in [5.74, 6) is -0.227. The van der Waals surface area contributed by atoms with Crippen LogP contribution in [0.1, 0.15) is 0 Å². The first-order chi connectivity index (χ1) is 8.74. The maximum absolute atomic E-state index is 11.8. The normalized spacial score (nSPS) is 12.3. The van der Waals surface area contributed by atoms with E-state index in [0.717, 1.165) is 16.5 Å². The summed E-state index contributed by atoms with van der Waals surface area (Å²) in [6, 6.07) is 13.7. The molecule has 2 rings (SSSR count). The molecule has 3 N–H and O–H groups in total. The van der Waals surface area contributed by atoms with E-state index in [1.165, 1.54) is 7.11 Å². The second-order valence-corrected chi connectivity index (χ2v) is 4.01. The molecule has 0 aliphatic heterocycles. The van der Waals surface area contributed by atoms with Gasteiger partial charge in [-0.05, 0) is 22.9 Å². The van der Waals surface area contributed by atoms with Crippen LogP contribution in [0.2, 0.25) is 0 Å². The quantitative estimate of drug-likeness (QED) is 0.861. The number of anilines is 1. The molecule has 1 unspecified atom stereocenters. The fourth-order valence-corrected chi connectivity index (χ4v) is 1.80. The topological polar surface area (TPSA) is 64.3 Å². The first-order valence-corrected chi connectivity index (χ1v) is 5.77. The van der Waals surface area contributed by atoms with E-state index < -0.39 is 6.10 Å². The van der Waals surface area contributed by atoms with E-state index in [9.17, 15) is 4.79 Å². The number of methoxy groups -OCH3 is 1. The SMILES string of the molecule is COC(CN)C(=O)Nc1ccc2ccccc2c1. The summed E-state index contributed by atoms with van der Waals surface area (Å²) in [4.78, 5) is 11.8. The van der Waals surface area contributed by atoms with Crippen LogP contribution < -0.4 is 11.1 Å². The highest BCUT2D eigenvalue weighted by Crippen LogP contribution is 2.18. The highest BCUT2D eigenvalue weighted by molar-refractivity contribution is 5.96. The molecule has 0 spiro atoms. The summed E-state index contributed by atoms with van der Waals surface area (Å²) in [6.45, 7) is 0.163. The Bertz CT molecular complexity index is 550. The molecule has 0 fully saturated rings. The molecule has 0 aliphatic carbocycles. The standard InChI is InChI=1S/C14H16N2O2/c1-18-13(9-15)14(17)16-12-7-6-10-4-2-3-5-11(10)8-12/h2-8,13H,9,15H2,1H3,(H,16,17). The van der Waals surface area contributed by atoms with Crippen molar-refractivity contribution in [2.75, 3.05) is 19.0 Å². The number of rotatable bonds is 4. The fraction of sp³-hybridized carbons (Fsp3) is 0.214. The third kappa shape index (κ3) is 2.67. The summed E-state index contributed by atoms with van der Waals surface area (Å²) in [5, 5.41) is 5.01. The summed E-state index contributed by atoms with van der Waals surface area (Å²) in [7, 11) is 1.47. The van der Waals surface area contributed by atoms with E-state index in [0.29, 0.717) is 0 Å². The van der Waals surface area contributed by atoms with Crippen molar-refractivity contribution in [3.05, 3.63) is 42.5 Å². The van der Waals surface area contributed by atoms with Gasteiger partial charge in [0.1, 0.15) is 6.10 Å². The number of benzene rings is 2. The van der Waals surface area contributed by atoms with E-state index in [1.54, 1.807) is 0 Å². The second kappa shape index (κ2) is 5.62. The van der Waals surface area contributed by atoms with Crippen LogP contribution in [0.5, 0.6) is 0 Å². The van der Waals surface area contributed by atoms with Gasteiger partial charge < -0.3 is 15.8 Å². The molecule has 0 radical (unpaired) electrons. The van der Waals surface area contributed by atoms with Crippen LogP contribution in [0.25, 0.3) is 10.8 Å². The van der Waals surface area contributed by atoms with Crippen molar-refractivity contribution >= 4 is 22.4 Å². The molecule has 2 aromatic rings. The zero-order chi connectivity index (χ0) is 13.0.